The molecule has 3 aromatic rings. The van der Waals surface area contributed by atoms with Gasteiger partial charge in [-0.2, -0.15) is 5.10 Å². The fourth-order valence-corrected chi connectivity index (χ4v) is 2.03. The van der Waals surface area contributed by atoms with Crippen LogP contribution < -0.4 is 0 Å². The van der Waals surface area contributed by atoms with Gasteiger partial charge in [0.25, 0.3) is 0 Å². The van der Waals surface area contributed by atoms with E-state index in [-0.39, 0.29) is 5.82 Å². The molecule has 0 aliphatic carbocycles. The molecule has 0 N–H and O–H groups in total. The lowest BCUT2D eigenvalue weighted by Gasteiger charge is -2.03. The number of hydrogen-bond acceptors (Lipinski definition) is 2. The number of para-hydroxylation sites is 1. The van der Waals surface area contributed by atoms with E-state index in [4.69, 9.17) is 0 Å². The van der Waals surface area contributed by atoms with Crippen LogP contribution >= 0.6 is 0 Å². The molecule has 0 spiro atoms. The molecule has 1 aromatic heterocycles. The molecular formula is C17H14FN3. The lowest BCUT2D eigenvalue weighted by Crippen LogP contribution is -1.95. The van der Waals surface area contributed by atoms with E-state index in [1.807, 2.05) is 43.3 Å². The quantitative estimate of drug-likeness (QED) is 0.665. The molecule has 0 atom stereocenters. The van der Waals surface area contributed by atoms with Crippen molar-refractivity contribution in [2.24, 2.45) is 4.99 Å². The van der Waals surface area contributed by atoms with Gasteiger partial charge in [0.15, 0.2) is 5.82 Å². The Labute approximate surface area is 122 Å². The first-order valence-corrected chi connectivity index (χ1v) is 6.64. The van der Waals surface area contributed by atoms with E-state index in [0.29, 0.717) is 0 Å². The molecule has 0 aliphatic rings. The van der Waals surface area contributed by atoms with Crippen molar-refractivity contribution in [2.75, 3.05) is 0 Å². The summed E-state index contributed by atoms with van der Waals surface area (Å²) in [5, 5.41) is 4.45. The smallest absolute Gasteiger partial charge is 0.155 e. The van der Waals surface area contributed by atoms with E-state index in [0.717, 1.165) is 22.8 Å². The monoisotopic (exact) mass is 279 g/mol. The van der Waals surface area contributed by atoms with Crippen molar-refractivity contribution in [1.82, 2.24) is 9.78 Å². The molecule has 0 amide bonds. The van der Waals surface area contributed by atoms with Crippen LogP contribution in [0.5, 0.6) is 0 Å². The second-order valence-electron chi connectivity index (χ2n) is 4.70. The summed E-state index contributed by atoms with van der Waals surface area (Å²) in [6.45, 7) is 1.93. The molecule has 4 heteroatoms. The van der Waals surface area contributed by atoms with E-state index >= 15 is 0 Å². The summed E-state index contributed by atoms with van der Waals surface area (Å²) in [5.74, 6) is 0.486. The van der Waals surface area contributed by atoms with E-state index in [1.54, 1.807) is 23.0 Å². The lowest BCUT2D eigenvalue weighted by molar-refractivity contribution is 0.628. The van der Waals surface area contributed by atoms with Crippen molar-refractivity contribution < 1.29 is 4.39 Å². The van der Waals surface area contributed by atoms with Crippen molar-refractivity contribution in [3.8, 4) is 5.69 Å². The van der Waals surface area contributed by atoms with Gasteiger partial charge in [-0.3, -0.25) is 0 Å². The van der Waals surface area contributed by atoms with Gasteiger partial charge in [0.1, 0.15) is 5.82 Å². The zero-order valence-corrected chi connectivity index (χ0v) is 11.6. The maximum atomic E-state index is 12.9. The molecule has 0 saturated heterocycles. The Balaban J connectivity index is 1.94. The highest BCUT2D eigenvalue weighted by molar-refractivity contribution is 5.81. The van der Waals surface area contributed by atoms with Crippen LogP contribution in [0.2, 0.25) is 0 Å². The zero-order valence-electron chi connectivity index (χ0n) is 11.6. The summed E-state index contributed by atoms with van der Waals surface area (Å²) in [4.78, 5) is 4.46. The molecule has 3 nitrogen and oxygen atoms in total. The summed E-state index contributed by atoms with van der Waals surface area (Å²) in [6, 6.07) is 18.0. The third-order valence-corrected chi connectivity index (χ3v) is 3.03. The van der Waals surface area contributed by atoms with Gasteiger partial charge >= 0.3 is 0 Å². The first-order chi connectivity index (χ1) is 10.2. The number of rotatable bonds is 3. The minimum absolute atomic E-state index is 0.252. The fraction of sp³-hybridized carbons (Fsp3) is 0.0588. The third-order valence-electron chi connectivity index (χ3n) is 3.03. The second kappa shape index (κ2) is 5.71. The average molecular weight is 279 g/mol. The number of halogens is 1. The number of aromatic nitrogens is 2. The summed E-state index contributed by atoms with van der Waals surface area (Å²) >= 11 is 0. The van der Waals surface area contributed by atoms with Gasteiger partial charge in [0.2, 0.25) is 0 Å². The van der Waals surface area contributed by atoms with Crippen molar-refractivity contribution in [3.63, 3.8) is 0 Å². The average Bonchev–Trinajstić information content (AvgIpc) is 2.89. The van der Waals surface area contributed by atoms with Crippen LogP contribution in [-0.4, -0.2) is 16.0 Å². The molecule has 104 valence electrons. The molecule has 0 saturated carbocycles. The normalized spacial score (nSPS) is 11.1. The van der Waals surface area contributed by atoms with Crippen molar-refractivity contribution >= 4 is 12.0 Å². The topological polar surface area (TPSA) is 30.2 Å². The summed E-state index contributed by atoms with van der Waals surface area (Å²) in [7, 11) is 0. The van der Waals surface area contributed by atoms with Gasteiger partial charge in [-0.1, -0.05) is 30.3 Å². The number of aryl methyl sites for hydroxylation is 1. The Bertz CT molecular complexity index is 758. The summed E-state index contributed by atoms with van der Waals surface area (Å²) in [5.41, 5.74) is 2.69. The number of nitrogens with zero attached hydrogens (tertiary/aromatic N) is 3. The Hall–Kier alpha value is -2.75. The van der Waals surface area contributed by atoms with E-state index in [2.05, 4.69) is 10.1 Å². The highest BCUT2D eigenvalue weighted by Crippen LogP contribution is 2.19. The van der Waals surface area contributed by atoms with E-state index < -0.39 is 0 Å². The summed E-state index contributed by atoms with van der Waals surface area (Å²) < 4.78 is 14.7. The SMILES string of the molecule is Cc1cc(N=Cc2ccc(F)cc2)n(-c2ccccc2)n1. The van der Waals surface area contributed by atoms with Crippen LogP contribution in [-0.2, 0) is 0 Å². The lowest BCUT2D eigenvalue weighted by atomic mass is 10.2. The molecule has 0 aliphatic heterocycles. The molecule has 2 aromatic carbocycles. The van der Waals surface area contributed by atoms with E-state index in [1.165, 1.54) is 12.1 Å². The predicted octanol–water partition coefficient (Wildman–Crippen LogP) is 4.07. The number of benzene rings is 2. The van der Waals surface area contributed by atoms with Crippen LogP contribution in [0.4, 0.5) is 10.2 Å². The largest absolute Gasteiger partial charge is 0.236 e. The maximum Gasteiger partial charge on any atom is 0.155 e. The van der Waals surface area contributed by atoms with Gasteiger partial charge in [-0.15, -0.1) is 0 Å². The Morgan fingerprint density at radius 3 is 2.48 bits per heavy atom. The first kappa shape index (κ1) is 13.2. The second-order valence-corrected chi connectivity index (χ2v) is 4.70. The molecule has 0 radical (unpaired) electrons. The van der Waals surface area contributed by atoms with Gasteiger partial charge < -0.3 is 0 Å². The molecule has 3 rings (SSSR count). The van der Waals surface area contributed by atoms with Gasteiger partial charge in [0.05, 0.1) is 11.4 Å². The Kier molecular flexibility index (Phi) is 3.60. The van der Waals surface area contributed by atoms with Gasteiger partial charge in [-0.25, -0.2) is 14.1 Å². The maximum absolute atomic E-state index is 12.9. The standard InChI is InChI=1S/C17H14FN3/c1-13-11-17(19-12-14-7-9-15(18)10-8-14)21(20-13)16-5-3-2-4-6-16/h2-12H,1H3. The molecule has 1 heterocycles. The minimum atomic E-state index is -0.252. The van der Waals surface area contributed by atoms with Crippen LogP contribution in [0.25, 0.3) is 5.69 Å². The minimum Gasteiger partial charge on any atom is -0.236 e. The van der Waals surface area contributed by atoms with Crippen LogP contribution in [0.1, 0.15) is 11.3 Å². The number of hydrogen-bond donors (Lipinski definition) is 0. The summed E-state index contributed by atoms with van der Waals surface area (Å²) in [6.07, 6.45) is 1.70. The van der Waals surface area contributed by atoms with Crippen LogP contribution in [0.15, 0.2) is 65.7 Å². The molecule has 0 bridgehead atoms. The first-order valence-electron chi connectivity index (χ1n) is 6.64. The third kappa shape index (κ3) is 3.05. The fourth-order valence-electron chi connectivity index (χ4n) is 2.03. The van der Waals surface area contributed by atoms with Gasteiger partial charge in [0, 0.05) is 12.3 Å². The molecule has 0 unspecified atom stereocenters. The molecule has 0 fully saturated rings. The Morgan fingerprint density at radius 2 is 1.76 bits per heavy atom. The van der Waals surface area contributed by atoms with Crippen LogP contribution in [0.3, 0.4) is 0 Å². The zero-order chi connectivity index (χ0) is 14.7. The Morgan fingerprint density at radius 1 is 1.05 bits per heavy atom. The predicted molar refractivity (Wildman–Crippen MR) is 82.0 cm³/mol. The van der Waals surface area contributed by atoms with Crippen molar-refractivity contribution in [2.45, 2.75) is 6.92 Å². The molecular weight excluding hydrogens is 265 g/mol. The number of aliphatic imine (C=N–C) groups is 1. The highest BCUT2D eigenvalue weighted by atomic mass is 19.1. The van der Waals surface area contributed by atoms with Crippen molar-refractivity contribution in [3.05, 3.63) is 77.7 Å². The van der Waals surface area contributed by atoms with E-state index in [9.17, 15) is 4.39 Å². The van der Waals surface area contributed by atoms with Crippen molar-refractivity contribution in [1.29, 1.82) is 0 Å². The highest BCUT2D eigenvalue weighted by Gasteiger charge is 2.05. The molecule has 21 heavy (non-hydrogen) atoms. The van der Waals surface area contributed by atoms with Crippen LogP contribution in [0, 0.1) is 12.7 Å². The van der Waals surface area contributed by atoms with Gasteiger partial charge in [-0.05, 0) is 36.8 Å².